The van der Waals surface area contributed by atoms with Crippen molar-refractivity contribution in [2.75, 3.05) is 18.4 Å². The molecule has 0 aliphatic carbocycles. The normalized spacial score (nSPS) is 15.7. The van der Waals surface area contributed by atoms with Gasteiger partial charge in [-0.2, -0.15) is 0 Å². The average molecular weight is 318 g/mol. The van der Waals surface area contributed by atoms with E-state index in [9.17, 15) is 14.4 Å². The van der Waals surface area contributed by atoms with E-state index in [1.807, 2.05) is 0 Å². The van der Waals surface area contributed by atoms with E-state index in [1.165, 1.54) is 0 Å². The first-order chi connectivity index (χ1) is 11.0. The SMILES string of the molecule is O=C(O)Cc1ccc(NC(=O)CN2CCCCCCC2=O)cc1. The Bertz CT molecular complexity index is 568. The van der Waals surface area contributed by atoms with Gasteiger partial charge in [0, 0.05) is 18.7 Å². The lowest BCUT2D eigenvalue weighted by atomic mass is 10.1. The Morgan fingerprint density at radius 2 is 1.78 bits per heavy atom. The van der Waals surface area contributed by atoms with Crippen molar-refractivity contribution in [3.63, 3.8) is 0 Å². The minimum atomic E-state index is -0.891. The molecule has 2 rings (SSSR count). The fraction of sp³-hybridized carbons (Fsp3) is 0.471. The molecule has 0 atom stereocenters. The first-order valence-corrected chi connectivity index (χ1v) is 7.93. The van der Waals surface area contributed by atoms with E-state index in [-0.39, 0.29) is 24.8 Å². The maximum atomic E-state index is 12.1. The molecule has 1 heterocycles. The summed E-state index contributed by atoms with van der Waals surface area (Å²) in [5.74, 6) is -1.08. The second-order valence-corrected chi connectivity index (χ2v) is 5.80. The molecule has 2 N–H and O–H groups in total. The Labute approximate surface area is 135 Å². The van der Waals surface area contributed by atoms with Crippen molar-refractivity contribution in [2.45, 2.75) is 38.5 Å². The van der Waals surface area contributed by atoms with Crippen LogP contribution < -0.4 is 5.32 Å². The number of aliphatic carboxylic acids is 1. The molecule has 0 radical (unpaired) electrons. The van der Waals surface area contributed by atoms with Gasteiger partial charge in [-0.1, -0.05) is 25.0 Å². The van der Waals surface area contributed by atoms with Gasteiger partial charge in [-0.3, -0.25) is 14.4 Å². The Morgan fingerprint density at radius 3 is 2.48 bits per heavy atom. The molecule has 0 unspecified atom stereocenters. The summed E-state index contributed by atoms with van der Waals surface area (Å²) in [4.78, 5) is 36.3. The largest absolute Gasteiger partial charge is 0.481 e. The molecule has 0 spiro atoms. The van der Waals surface area contributed by atoms with Gasteiger partial charge in [0.1, 0.15) is 0 Å². The molecule has 23 heavy (non-hydrogen) atoms. The van der Waals surface area contributed by atoms with Gasteiger partial charge in [0.2, 0.25) is 11.8 Å². The summed E-state index contributed by atoms with van der Waals surface area (Å²) in [6, 6.07) is 6.69. The fourth-order valence-corrected chi connectivity index (χ4v) is 2.64. The standard InChI is InChI=1S/C17H22N2O4/c20-15(12-19-10-4-2-1-3-5-16(19)21)18-14-8-6-13(7-9-14)11-17(22)23/h6-9H,1-5,10-12H2,(H,18,20)(H,22,23). The minimum Gasteiger partial charge on any atom is -0.481 e. The van der Waals surface area contributed by atoms with Gasteiger partial charge in [0.25, 0.3) is 0 Å². The van der Waals surface area contributed by atoms with E-state index in [1.54, 1.807) is 29.2 Å². The molecule has 1 aromatic rings. The number of carbonyl (C=O) groups is 3. The monoisotopic (exact) mass is 318 g/mol. The van der Waals surface area contributed by atoms with Crippen molar-refractivity contribution in [1.29, 1.82) is 0 Å². The van der Waals surface area contributed by atoms with Gasteiger partial charge in [-0.25, -0.2) is 0 Å². The van der Waals surface area contributed by atoms with Gasteiger partial charge in [0.05, 0.1) is 13.0 Å². The number of benzene rings is 1. The highest BCUT2D eigenvalue weighted by atomic mass is 16.4. The molecule has 124 valence electrons. The van der Waals surface area contributed by atoms with Crippen LogP contribution in [0.5, 0.6) is 0 Å². The van der Waals surface area contributed by atoms with E-state index in [2.05, 4.69) is 5.32 Å². The molecule has 6 heteroatoms. The highest BCUT2D eigenvalue weighted by Gasteiger charge is 2.18. The quantitative estimate of drug-likeness (QED) is 0.870. The third-order valence-electron chi connectivity index (χ3n) is 3.85. The summed E-state index contributed by atoms with van der Waals surface area (Å²) in [5.41, 5.74) is 1.28. The Balaban J connectivity index is 1.88. The Hall–Kier alpha value is -2.37. The van der Waals surface area contributed by atoms with Crippen molar-refractivity contribution >= 4 is 23.5 Å². The zero-order chi connectivity index (χ0) is 16.7. The zero-order valence-electron chi connectivity index (χ0n) is 13.1. The van der Waals surface area contributed by atoms with Crippen LogP contribution in [-0.4, -0.2) is 40.9 Å². The molecule has 0 bridgehead atoms. The molecule has 1 saturated heterocycles. The molecule has 1 aromatic carbocycles. The second-order valence-electron chi connectivity index (χ2n) is 5.80. The lowest BCUT2D eigenvalue weighted by molar-refractivity contribution is -0.136. The summed E-state index contributed by atoms with van der Waals surface area (Å²) >= 11 is 0. The fourth-order valence-electron chi connectivity index (χ4n) is 2.64. The number of hydrogen-bond acceptors (Lipinski definition) is 3. The van der Waals surface area contributed by atoms with Gasteiger partial charge >= 0.3 is 5.97 Å². The number of carboxylic acid groups (broad SMARTS) is 1. The van der Waals surface area contributed by atoms with E-state index >= 15 is 0 Å². The third-order valence-corrected chi connectivity index (χ3v) is 3.85. The predicted octanol–water partition coefficient (Wildman–Crippen LogP) is 2.04. The van der Waals surface area contributed by atoms with Crippen molar-refractivity contribution in [1.82, 2.24) is 4.90 Å². The first kappa shape index (κ1) is 17.0. The van der Waals surface area contributed by atoms with Gasteiger partial charge < -0.3 is 15.3 Å². The number of carboxylic acids is 1. The van der Waals surface area contributed by atoms with Crippen LogP contribution in [0.3, 0.4) is 0 Å². The molecule has 1 fully saturated rings. The number of rotatable bonds is 5. The van der Waals surface area contributed by atoms with Crippen LogP contribution in [0, 0.1) is 0 Å². The molecule has 2 amide bonds. The number of amides is 2. The maximum absolute atomic E-state index is 12.1. The summed E-state index contributed by atoms with van der Waals surface area (Å²) in [6.45, 7) is 0.694. The van der Waals surface area contributed by atoms with Gasteiger partial charge in [-0.05, 0) is 30.5 Å². The number of hydrogen-bond donors (Lipinski definition) is 2. The van der Waals surface area contributed by atoms with Crippen LogP contribution in [0.25, 0.3) is 0 Å². The average Bonchev–Trinajstić information content (AvgIpc) is 2.48. The smallest absolute Gasteiger partial charge is 0.307 e. The first-order valence-electron chi connectivity index (χ1n) is 7.93. The highest BCUT2D eigenvalue weighted by molar-refractivity contribution is 5.94. The van der Waals surface area contributed by atoms with Crippen LogP contribution in [0.15, 0.2) is 24.3 Å². The van der Waals surface area contributed by atoms with Crippen molar-refractivity contribution in [3.8, 4) is 0 Å². The van der Waals surface area contributed by atoms with Crippen LogP contribution in [-0.2, 0) is 20.8 Å². The number of nitrogens with one attached hydrogen (secondary N) is 1. The zero-order valence-corrected chi connectivity index (χ0v) is 13.1. The van der Waals surface area contributed by atoms with Crippen molar-refractivity contribution in [3.05, 3.63) is 29.8 Å². The second kappa shape index (κ2) is 8.31. The maximum Gasteiger partial charge on any atom is 0.307 e. The van der Waals surface area contributed by atoms with Crippen LogP contribution in [0.1, 0.15) is 37.7 Å². The summed E-state index contributed by atoms with van der Waals surface area (Å²) in [7, 11) is 0. The lowest BCUT2D eigenvalue weighted by Gasteiger charge is -2.24. The summed E-state index contributed by atoms with van der Waals surface area (Å²) in [5, 5.41) is 11.5. The third kappa shape index (κ3) is 5.73. The Morgan fingerprint density at radius 1 is 1.09 bits per heavy atom. The number of carbonyl (C=O) groups excluding carboxylic acids is 2. The summed E-state index contributed by atoms with van der Waals surface area (Å²) in [6.07, 6.45) is 4.46. The van der Waals surface area contributed by atoms with E-state index < -0.39 is 5.97 Å². The molecule has 0 saturated carbocycles. The topological polar surface area (TPSA) is 86.7 Å². The minimum absolute atomic E-state index is 0.0386. The van der Waals surface area contributed by atoms with Crippen LogP contribution >= 0.6 is 0 Å². The van der Waals surface area contributed by atoms with E-state index in [4.69, 9.17) is 5.11 Å². The molecule has 1 aliphatic rings. The van der Waals surface area contributed by atoms with E-state index in [0.29, 0.717) is 24.2 Å². The summed E-state index contributed by atoms with van der Waals surface area (Å²) < 4.78 is 0. The Kier molecular flexibility index (Phi) is 6.14. The van der Waals surface area contributed by atoms with Crippen molar-refractivity contribution in [2.24, 2.45) is 0 Å². The number of nitrogens with zero attached hydrogens (tertiary/aromatic N) is 1. The van der Waals surface area contributed by atoms with Crippen LogP contribution in [0.2, 0.25) is 0 Å². The molecular weight excluding hydrogens is 296 g/mol. The molecule has 0 aromatic heterocycles. The number of anilines is 1. The van der Waals surface area contributed by atoms with E-state index in [0.717, 1.165) is 25.7 Å². The molecular formula is C17H22N2O4. The van der Waals surface area contributed by atoms with Gasteiger partial charge in [-0.15, -0.1) is 0 Å². The van der Waals surface area contributed by atoms with Crippen LogP contribution in [0.4, 0.5) is 5.69 Å². The van der Waals surface area contributed by atoms with Crippen molar-refractivity contribution < 1.29 is 19.5 Å². The molecule has 1 aliphatic heterocycles. The highest BCUT2D eigenvalue weighted by Crippen LogP contribution is 2.13. The predicted molar refractivity (Wildman–Crippen MR) is 86.1 cm³/mol. The van der Waals surface area contributed by atoms with Gasteiger partial charge in [0.15, 0.2) is 0 Å². The number of likely N-dealkylation sites (tertiary alicyclic amines) is 1. The molecule has 6 nitrogen and oxygen atoms in total. The lowest BCUT2D eigenvalue weighted by Crippen LogP contribution is -2.39.